The van der Waals surface area contributed by atoms with Crippen molar-refractivity contribution < 1.29 is 19.1 Å². The Labute approximate surface area is 104 Å². The monoisotopic (exact) mass is 244 g/mol. The summed E-state index contributed by atoms with van der Waals surface area (Å²) in [6.07, 6.45) is 2.59. The average Bonchev–Trinajstić information content (AvgIpc) is 2.25. The zero-order valence-corrected chi connectivity index (χ0v) is 11.3. The Morgan fingerprint density at radius 3 is 2.18 bits per heavy atom. The van der Waals surface area contributed by atoms with Gasteiger partial charge in [-0.05, 0) is 19.8 Å². The average molecular weight is 244 g/mol. The van der Waals surface area contributed by atoms with E-state index in [-0.39, 0.29) is 30.4 Å². The van der Waals surface area contributed by atoms with E-state index in [1.165, 1.54) is 6.92 Å². The van der Waals surface area contributed by atoms with E-state index in [1.54, 1.807) is 7.11 Å². The molecule has 2 atom stereocenters. The van der Waals surface area contributed by atoms with Crippen LogP contribution in [0.3, 0.4) is 0 Å². The molecule has 0 aromatic carbocycles. The van der Waals surface area contributed by atoms with Gasteiger partial charge in [0.05, 0.1) is 12.5 Å². The van der Waals surface area contributed by atoms with Gasteiger partial charge in [0.15, 0.2) is 0 Å². The second-order valence-electron chi connectivity index (χ2n) is 4.28. The molecule has 100 valence electrons. The van der Waals surface area contributed by atoms with Crippen LogP contribution in [-0.2, 0) is 19.1 Å². The van der Waals surface area contributed by atoms with Crippen LogP contribution in [0.15, 0.2) is 0 Å². The van der Waals surface area contributed by atoms with Gasteiger partial charge in [0, 0.05) is 13.5 Å². The summed E-state index contributed by atoms with van der Waals surface area (Å²) < 4.78 is 10.4. The molecule has 0 amide bonds. The van der Waals surface area contributed by atoms with Gasteiger partial charge in [-0.15, -0.1) is 0 Å². The number of esters is 1. The fraction of sp³-hybridized carbons (Fsp3) is 0.846. The van der Waals surface area contributed by atoms with Crippen molar-refractivity contribution in [3.8, 4) is 0 Å². The lowest BCUT2D eigenvalue weighted by molar-refractivity contribution is -0.153. The van der Waals surface area contributed by atoms with Crippen molar-refractivity contribution in [2.75, 3.05) is 7.11 Å². The Bertz CT molecular complexity index is 234. The molecule has 0 spiro atoms. The van der Waals surface area contributed by atoms with Crippen LogP contribution in [0.5, 0.6) is 0 Å². The summed E-state index contributed by atoms with van der Waals surface area (Å²) in [6.45, 7) is 5.48. The third kappa shape index (κ3) is 7.91. The Morgan fingerprint density at radius 1 is 1.12 bits per heavy atom. The second-order valence-corrected chi connectivity index (χ2v) is 4.28. The smallest absolute Gasteiger partial charge is 0.308 e. The largest absolute Gasteiger partial charge is 0.462 e. The molecule has 4 heteroatoms. The highest BCUT2D eigenvalue weighted by Gasteiger charge is 2.18. The molecule has 4 nitrogen and oxygen atoms in total. The Balaban J connectivity index is 4.14. The molecule has 0 radical (unpaired) electrons. The third-order valence-electron chi connectivity index (χ3n) is 2.61. The van der Waals surface area contributed by atoms with Crippen LogP contribution in [0, 0.1) is 0 Å². The van der Waals surface area contributed by atoms with E-state index in [0.717, 1.165) is 19.3 Å². The maximum Gasteiger partial charge on any atom is 0.308 e. The van der Waals surface area contributed by atoms with Crippen molar-refractivity contribution >= 4 is 11.8 Å². The zero-order chi connectivity index (χ0) is 13.3. The molecule has 0 N–H and O–H groups in total. The number of methoxy groups -OCH3 is 1. The minimum absolute atomic E-state index is 0.0510. The summed E-state index contributed by atoms with van der Waals surface area (Å²) >= 11 is 0. The van der Waals surface area contributed by atoms with Gasteiger partial charge >= 0.3 is 5.97 Å². The Kier molecular flexibility index (Phi) is 8.68. The standard InChI is InChI=1S/C13H24O4/c1-5-7-12(8-10(3)14)17-13(15)9-11(6-2)16-4/h11-12H,5-9H2,1-4H3. The Hall–Kier alpha value is -0.900. The molecule has 0 aliphatic heterocycles. The lowest BCUT2D eigenvalue weighted by Crippen LogP contribution is -2.24. The van der Waals surface area contributed by atoms with Gasteiger partial charge in [0.25, 0.3) is 0 Å². The number of carbonyl (C=O) groups is 2. The summed E-state index contributed by atoms with van der Waals surface area (Å²) in [5, 5.41) is 0. The lowest BCUT2D eigenvalue weighted by atomic mass is 10.1. The predicted octanol–water partition coefficient (Wildman–Crippen LogP) is 2.49. The first-order valence-electron chi connectivity index (χ1n) is 6.25. The van der Waals surface area contributed by atoms with Gasteiger partial charge in [-0.25, -0.2) is 0 Å². The molecule has 0 fully saturated rings. The molecule has 2 unspecified atom stereocenters. The first kappa shape index (κ1) is 16.1. The third-order valence-corrected chi connectivity index (χ3v) is 2.61. The van der Waals surface area contributed by atoms with Gasteiger partial charge in [0.1, 0.15) is 11.9 Å². The van der Waals surface area contributed by atoms with Crippen LogP contribution in [0.4, 0.5) is 0 Å². The first-order valence-corrected chi connectivity index (χ1v) is 6.25. The lowest BCUT2D eigenvalue weighted by Gasteiger charge is -2.18. The van der Waals surface area contributed by atoms with Crippen molar-refractivity contribution in [1.82, 2.24) is 0 Å². The summed E-state index contributed by atoms with van der Waals surface area (Å²) in [4.78, 5) is 22.7. The molecule has 0 bridgehead atoms. The number of hydrogen-bond donors (Lipinski definition) is 0. The SMILES string of the molecule is CCCC(CC(C)=O)OC(=O)CC(CC)OC. The molecular weight excluding hydrogens is 220 g/mol. The number of Topliss-reactive ketones (excluding diaryl/α,β-unsaturated/α-hetero) is 1. The summed E-state index contributed by atoms with van der Waals surface area (Å²) in [5.74, 6) is -0.228. The van der Waals surface area contributed by atoms with Gasteiger partial charge in [-0.2, -0.15) is 0 Å². The molecule has 17 heavy (non-hydrogen) atoms. The van der Waals surface area contributed by atoms with Crippen molar-refractivity contribution in [3.63, 3.8) is 0 Å². The van der Waals surface area contributed by atoms with Gasteiger partial charge in [-0.3, -0.25) is 9.59 Å². The van der Waals surface area contributed by atoms with Crippen LogP contribution < -0.4 is 0 Å². The summed E-state index contributed by atoms with van der Waals surface area (Å²) in [6, 6.07) is 0. The van der Waals surface area contributed by atoms with Crippen LogP contribution in [0.1, 0.15) is 52.9 Å². The number of rotatable bonds is 9. The number of carbonyl (C=O) groups excluding carboxylic acids is 2. The number of hydrogen-bond acceptors (Lipinski definition) is 4. The van der Waals surface area contributed by atoms with E-state index >= 15 is 0 Å². The highest BCUT2D eigenvalue weighted by Crippen LogP contribution is 2.11. The summed E-state index contributed by atoms with van der Waals surface area (Å²) in [7, 11) is 1.58. The van der Waals surface area contributed by atoms with E-state index in [4.69, 9.17) is 9.47 Å². The molecule has 0 heterocycles. The maximum absolute atomic E-state index is 11.6. The fourth-order valence-corrected chi connectivity index (χ4v) is 1.66. The predicted molar refractivity (Wildman–Crippen MR) is 65.8 cm³/mol. The molecule has 0 rings (SSSR count). The van der Waals surface area contributed by atoms with E-state index in [1.807, 2.05) is 13.8 Å². The van der Waals surface area contributed by atoms with Crippen molar-refractivity contribution in [3.05, 3.63) is 0 Å². The molecule has 0 aliphatic carbocycles. The molecular formula is C13H24O4. The van der Waals surface area contributed by atoms with E-state index in [0.29, 0.717) is 6.42 Å². The van der Waals surface area contributed by atoms with Gasteiger partial charge in [0.2, 0.25) is 0 Å². The van der Waals surface area contributed by atoms with Gasteiger partial charge < -0.3 is 9.47 Å². The van der Waals surface area contributed by atoms with Crippen LogP contribution >= 0.6 is 0 Å². The molecule has 0 aliphatic rings. The quantitative estimate of drug-likeness (QED) is 0.585. The normalized spacial score (nSPS) is 14.1. The highest BCUT2D eigenvalue weighted by molar-refractivity contribution is 5.77. The minimum Gasteiger partial charge on any atom is -0.462 e. The van der Waals surface area contributed by atoms with Gasteiger partial charge in [-0.1, -0.05) is 20.3 Å². The number of ketones is 1. The van der Waals surface area contributed by atoms with Crippen molar-refractivity contribution in [2.24, 2.45) is 0 Å². The molecule has 0 saturated heterocycles. The van der Waals surface area contributed by atoms with Crippen molar-refractivity contribution in [2.45, 2.75) is 65.1 Å². The maximum atomic E-state index is 11.6. The molecule has 0 aromatic heterocycles. The molecule has 0 aromatic rings. The second kappa shape index (κ2) is 9.16. The number of ether oxygens (including phenoxy) is 2. The topological polar surface area (TPSA) is 52.6 Å². The van der Waals surface area contributed by atoms with Crippen LogP contribution in [0.2, 0.25) is 0 Å². The zero-order valence-electron chi connectivity index (χ0n) is 11.3. The minimum atomic E-state index is -0.279. The van der Waals surface area contributed by atoms with E-state index < -0.39 is 0 Å². The Morgan fingerprint density at radius 2 is 1.76 bits per heavy atom. The fourth-order valence-electron chi connectivity index (χ4n) is 1.66. The van der Waals surface area contributed by atoms with Crippen LogP contribution in [-0.4, -0.2) is 31.1 Å². The van der Waals surface area contributed by atoms with E-state index in [9.17, 15) is 9.59 Å². The van der Waals surface area contributed by atoms with Crippen LogP contribution in [0.25, 0.3) is 0 Å². The highest BCUT2D eigenvalue weighted by atomic mass is 16.5. The molecule has 0 saturated carbocycles. The first-order chi connectivity index (χ1) is 8.03. The summed E-state index contributed by atoms with van der Waals surface area (Å²) in [5.41, 5.74) is 0. The van der Waals surface area contributed by atoms with E-state index in [2.05, 4.69) is 0 Å². The van der Waals surface area contributed by atoms with Crippen molar-refractivity contribution in [1.29, 1.82) is 0 Å².